The Morgan fingerprint density at radius 3 is 2.76 bits per heavy atom. The van der Waals surface area contributed by atoms with Crippen molar-refractivity contribution in [1.29, 1.82) is 0 Å². The maximum atomic E-state index is 10.9. The van der Waals surface area contributed by atoms with Crippen molar-refractivity contribution in [3.63, 3.8) is 0 Å². The van der Waals surface area contributed by atoms with E-state index < -0.39 is 5.97 Å². The number of hydrogen-bond acceptors (Lipinski definition) is 4. The number of aromatic carboxylic acids is 1. The van der Waals surface area contributed by atoms with Crippen LogP contribution in [-0.2, 0) is 0 Å². The molecule has 2 N–H and O–H groups in total. The number of carbonyl (C=O) groups is 1. The lowest BCUT2D eigenvalue weighted by Crippen LogP contribution is -2.00. The van der Waals surface area contributed by atoms with Crippen molar-refractivity contribution >= 4 is 39.8 Å². The van der Waals surface area contributed by atoms with Crippen molar-refractivity contribution in [2.24, 2.45) is 0 Å². The summed E-state index contributed by atoms with van der Waals surface area (Å²) in [6.07, 6.45) is 1.68. The quantitative estimate of drug-likeness (QED) is 0.771. The van der Waals surface area contributed by atoms with E-state index in [1.54, 1.807) is 12.3 Å². The van der Waals surface area contributed by atoms with Gasteiger partial charge >= 0.3 is 5.97 Å². The molecular formula is C15H10ClN3O2. The summed E-state index contributed by atoms with van der Waals surface area (Å²) in [5.74, 6) is -0.452. The normalized spacial score (nSPS) is 10.5. The molecule has 0 unspecified atom stereocenters. The van der Waals surface area contributed by atoms with Crippen LogP contribution in [0, 0.1) is 0 Å². The molecule has 6 heteroatoms. The molecule has 5 nitrogen and oxygen atoms in total. The average molecular weight is 300 g/mol. The molecule has 0 bridgehead atoms. The van der Waals surface area contributed by atoms with Gasteiger partial charge in [-0.3, -0.25) is 0 Å². The maximum absolute atomic E-state index is 10.9. The lowest BCUT2D eigenvalue weighted by Gasteiger charge is -2.09. The first-order valence-electron chi connectivity index (χ1n) is 6.15. The van der Waals surface area contributed by atoms with Crippen molar-refractivity contribution in [1.82, 2.24) is 10.2 Å². The third-order valence-corrected chi connectivity index (χ3v) is 3.35. The summed E-state index contributed by atoms with van der Waals surface area (Å²) in [5, 5.41) is 22.2. The first kappa shape index (κ1) is 13.3. The van der Waals surface area contributed by atoms with Crippen molar-refractivity contribution in [3.05, 3.63) is 59.2 Å². The zero-order chi connectivity index (χ0) is 14.8. The van der Waals surface area contributed by atoms with E-state index in [1.807, 2.05) is 24.3 Å². The van der Waals surface area contributed by atoms with Crippen molar-refractivity contribution in [2.45, 2.75) is 0 Å². The van der Waals surface area contributed by atoms with Gasteiger partial charge in [-0.2, -0.15) is 5.10 Å². The Labute approximate surface area is 125 Å². The number of rotatable bonds is 3. The van der Waals surface area contributed by atoms with E-state index in [4.69, 9.17) is 16.7 Å². The van der Waals surface area contributed by atoms with Gasteiger partial charge in [0.15, 0.2) is 5.82 Å². The van der Waals surface area contributed by atoms with Crippen LogP contribution in [0.2, 0.25) is 5.02 Å². The van der Waals surface area contributed by atoms with Gasteiger partial charge in [0.25, 0.3) is 0 Å². The number of benzene rings is 2. The summed E-state index contributed by atoms with van der Waals surface area (Å²) >= 11 is 6.10. The van der Waals surface area contributed by atoms with Crippen LogP contribution >= 0.6 is 11.6 Å². The number of carboxylic acid groups (broad SMARTS) is 1. The number of anilines is 2. The monoisotopic (exact) mass is 299 g/mol. The molecular weight excluding hydrogens is 290 g/mol. The van der Waals surface area contributed by atoms with E-state index in [1.165, 1.54) is 12.1 Å². The molecule has 3 rings (SSSR count). The van der Waals surface area contributed by atoms with Crippen molar-refractivity contribution < 1.29 is 9.90 Å². The van der Waals surface area contributed by atoms with Crippen LogP contribution in [0.15, 0.2) is 48.7 Å². The zero-order valence-electron chi connectivity index (χ0n) is 10.7. The average Bonchev–Trinajstić information content (AvgIpc) is 2.49. The third-order valence-electron chi connectivity index (χ3n) is 3.04. The first-order valence-corrected chi connectivity index (χ1v) is 6.53. The number of hydrogen-bond donors (Lipinski definition) is 2. The Hall–Kier alpha value is -2.66. The molecule has 0 aliphatic carbocycles. The molecule has 0 saturated carbocycles. The zero-order valence-corrected chi connectivity index (χ0v) is 11.5. The summed E-state index contributed by atoms with van der Waals surface area (Å²) in [7, 11) is 0. The van der Waals surface area contributed by atoms with Crippen LogP contribution in [0.4, 0.5) is 11.5 Å². The topological polar surface area (TPSA) is 75.1 Å². The van der Waals surface area contributed by atoms with Crippen LogP contribution in [-0.4, -0.2) is 21.3 Å². The first-order chi connectivity index (χ1) is 10.1. The van der Waals surface area contributed by atoms with E-state index in [0.717, 1.165) is 10.8 Å². The molecule has 104 valence electrons. The van der Waals surface area contributed by atoms with Crippen LogP contribution in [0.3, 0.4) is 0 Å². The van der Waals surface area contributed by atoms with E-state index in [-0.39, 0.29) is 5.56 Å². The van der Waals surface area contributed by atoms with Gasteiger partial charge in [-0.05, 0) is 18.2 Å². The number of fused-ring (bicyclic) bond motifs is 1. The number of halogens is 1. The highest BCUT2D eigenvalue weighted by Crippen LogP contribution is 2.28. The summed E-state index contributed by atoms with van der Waals surface area (Å²) in [6.45, 7) is 0. The second kappa shape index (κ2) is 5.38. The fourth-order valence-electron chi connectivity index (χ4n) is 2.00. The summed E-state index contributed by atoms with van der Waals surface area (Å²) < 4.78 is 0. The molecule has 0 atom stereocenters. The standard InChI is InChI=1S/C15H10ClN3O2/c16-12-7-9(15(20)21)5-6-13(12)18-14-11-4-2-1-3-10(11)8-17-19-14/h1-8H,(H,18,19)(H,20,21). The molecule has 0 aliphatic heterocycles. The fraction of sp³-hybridized carbons (Fsp3) is 0. The molecule has 0 radical (unpaired) electrons. The SMILES string of the molecule is O=C(O)c1ccc(Nc2nncc3ccccc23)c(Cl)c1. The predicted molar refractivity (Wildman–Crippen MR) is 81.2 cm³/mol. The highest BCUT2D eigenvalue weighted by atomic mass is 35.5. The lowest BCUT2D eigenvalue weighted by atomic mass is 10.1. The minimum atomic E-state index is -1.02. The molecule has 0 saturated heterocycles. The van der Waals surface area contributed by atoms with Crippen LogP contribution in [0.1, 0.15) is 10.4 Å². The minimum Gasteiger partial charge on any atom is -0.478 e. The van der Waals surface area contributed by atoms with Gasteiger partial charge in [-0.1, -0.05) is 35.9 Å². The van der Waals surface area contributed by atoms with Crippen LogP contribution < -0.4 is 5.32 Å². The Morgan fingerprint density at radius 2 is 2.00 bits per heavy atom. The van der Waals surface area contributed by atoms with Crippen LogP contribution in [0.25, 0.3) is 10.8 Å². The Morgan fingerprint density at radius 1 is 1.19 bits per heavy atom. The molecule has 1 aromatic heterocycles. The fourth-order valence-corrected chi connectivity index (χ4v) is 2.23. The number of carboxylic acids is 1. The second-order valence-corrected chi connectivity index (χ2v) is 4.81. The molecule has 0 fully saturated rings. The van der Waals surface area contributed by atoms with Crippen LogP contribution in [0.5, 0.6) is 0 Å². The Balaban J connectivity index is 2.01. The smallest absolute Gasteiger partial charge is 0.335 e. The number of nitrogens with zero attached hydrogens (tertiary/aromatic N) is 2. The number of nitrogens with one attached hydrogen (secondary N) is 1. The Bertz CT molecular complexity index is 831. The lowest BCUT2D eigenvalue weighted by molar-refractivity contribution is 0.0697. The van der Waals surface area contributed by atoms with Gasteiger partial charge in [0.05, 0.1) is 22.5 Å². The van der Waals surface area contributed by atoms with Gasteiger partial charge < -0.3 is 10.4 Å². The van der Waals surface area contributed by atoms with E-state index in [0.29, 0.717) is 16.5 Å². The number of aromatic nitrogens is 2. The highest BCUT2D eigenvalue weighted by molar-refractivity contribution is 6.33. The molecule has 3 aromatic rings. The summed E-state index contributed by atoms with van der Waals surface area (Å²) in [4.78, 5) is 10.9. The van der Waals surface area contributed by atoms with Gasteiger partial charge in [0.1, 0.15) is 0 Å². The van der Waals surface area contributed by atoms with Gasteiger partial charge in [0.2, 0.25) is 0 Å². The van der Waals surface area contributed by atoms with Gasteiger partial charge in [-0.25, -0.2) is 4.79 Å². The van der Waals surface area contributed by atoms with Gasteiger partial charge in [-0.15, -0.1) is 5.10 Å². The molecule has 0 amide bonds. The summed E-state index contributed by atoms with van der Waals surface area (Å²) in [6, 6.07) is 12.2. The predicted octanol–water partition coefficient (Wildman–Crippen LogP) is 3.73. The largest absolute Gasteiger partial charge is 0.478 e. The molecule has 1 heterocycles. The molecule has 0 spiro atoms. The maximum Gasteiger partial charge on any atom is 0.335 e. The molecule has 0 aliphatic rings. The molecule has 2 aromatic carbocycles. The Kier molecular flexibility index (Phi) is 3.41. The van der Waals surface area contributed by atoms with Crippen molar-refractivity contribution in [3.8, 4) is 0 Å². The van der Waals surface area contributed by atoms with Gasteiger partial charge in [0, 0.05) is 10.8 Å². The second-order valence-electron chi connectivity index (χ2n) is 4.41. The van der Waals surface area contributed by atoms with Crippen molar-refractivity contribution in [2.75, 3.05) is 5.32 Å². The summed E-state index contributed by atoms with van der Waals surface area (Å²) in [5.41, 5.74) is 0.710. The van der Waals surface area contributed by atoms with E-state index in [2.05, 4.69) is 15.5 Å². The molecule has 21 heavy (non-hydrogen) atoms. The van der Waals surface area contributed by atoms with E-state index in [9.17, 15) is 4.79 Å². The highest BCUT2D eigenvalue weighted by Gasteiger charge is 2.09. The minimum absolute atomic E-state index is 0.134. The third kappa shape index (κ3) is 2.64. The van der Waals surface area contributed by atoms with E-state index >= 15 is 0 Å².